The van der Waals surface area contributed by atoms with Crippen LogP contribution in [0.5, 0.6) is 0 Å². The van der Waals surface area contributed by atoms with Gasteiger partial charge in [-0.3, -0.25) is 9.78 Å². The van der Waals surface area contributed by atoms with Gasteiger partial charge in [0.1, 0.15) is 6.07 Å². The molecule has 30 heavy (non-hydrogen) atoms. The van der Waals surface area contributed by atoms with Crippen LogP contribution in [-0.2, 0) is 4.79 Å². The Morgan fingerprint density at radius 2 is 2.00 bits per heavy atom. The third-order valence-electron chi connectivity index (χ3n) is 6.83. The number of nitrogens with zero attached hydrogens (tertiary/aromatic N) is 4. The number of carbonyl (C=O) groups is 1. The van der Waals surface area contributed by atoms with E-state index in [-0.39, 0.29) is 17.9 Å². The first-order chi connectivity index (χ1) is 14.5. The Labute approximate surface area is 178 Å². The van der Waals surface area contributed by atoms with Crippen molar-refractivity contribution in [3.63, 3.8) is 0 Å². The summed E-state index contributed by atoms with van der Waals surface area (Å²) in [5.41, 5.74) is 2.39. The maximum atomic E-state index is 13.2. The molecular formula is C24H31N5O. The Bertz CT molecular complexity index is 958. The Kier molecular flexibility index (Phi) is 5.92. The fourth-order valence-electron chi connectivity index (χ4n) is 4.96. The monoisotopic (exact) mass is 405 g/mol. The SMILES string of the molecule is CC(C)C1CN(c2ccc(C#N)c3ncccc23)C[C@H]1C(=O)NC1CCN(C)CC1. The summed E-state index contributed by atoms with van der Waals surface area (Å²) < 4.78 is 0. The largest absolute Gasteiger partial charge is 0.370 e. The Balaban J connectivity index is 1.57. The summed E-state index contributed by atoms with van der Waals surface area (Å²) in [6.45, 7) is 8.06. The number of nitriles is 1. The molecule has 1 N–H and O–H groups in total. The van der Waals surface area contributed by atoms with Gasteiger partial charge in [0.05, 0.1) is 17.0 Å². The smallest absolute Gasteiger partial charge is 0.225 e. The second kappa shape index (κ2) is 8.61. The quantitative estimate of drug-likeness (QED) is 0.847. The average Bonchev–Trinajstić information content (AvgIpc) is 3.20. The lowest BCUT2D eigenvalue weighted by atomic mass is 9.85. The molecule has 1 aromatic heterocycles. The van der Waals surface area contributed by atoms with Crippen LogP contribution in [0.3, 0.4) is 0 Å². The predicted molar refractivity (Wildman–Crippen MR) is 119 cm³/mol. The highest BCUT2D eigenvalue weighted by Crippen LogP contribution is 2.37. The van der Waals surface area contributed by atoms with Crippen molar-refractivity contribution in [3.05, 3.63) is 36.0 Å². The summed E-state index contributed by atoms with van der Waals surface area (Å²) in [5.74, 6) is 0.901. The van der Waals surface area contributed by atoms with E-state index >= 15 is 0 Å². The first-order valence-corrected chi connectivity index (χ1v) is 11.0. The van der Waals surface area contributed by atoms with Crippen molar-refractivity contribution in [1.82, 2.24) is 15.2 Å². The van der Waals surface area contributed by atoms with Gasteiger partial charge in [0, 0.05) is 36.4 Å². The number of fused-ring (bicyclic) bond motifs is 1. The van der Waals surface area contributed by atoms with Gasteiger partial charge in [0.15, 0.2) is 0 Å². The van der Waals surface area contributed by atoms with Gasteiger partial charge in [-0.05, 0) is 69.1 Å². The van der Waals surface area contributed by atoms with E-state index in [9.17, 15) is 10.1 Å². The molecule has 0 saturated carbocycles. The highest BCUT2D eigenvalue weighted by molar-refractivity contribution is 5.95. The maximum Gasteiger partial charge on any atom is 0.225 e. The molecule has 2 atom stereocenters. The molecule has 1 amide bonds. The minimum atomic E-state index is -0.0213. The molecule has 0 radical (unpaired) electrons. The van der Waals surface area contributed by atoms with Gasteiger partial charge < -0.3 is 15.1 Å². The molecule has 4 rings (SSSR count). The molecule has 6 nitrogen and oxygen atoms in total. The third-order valence-corrected chi connectivity index (χ3v) is 6.83. The van der Waals surface area contributed by atoms with Gasteiger partial charge in [-0.15, -0.1) is 0 Å². The molecule has 1 unspecified atom stereocenters. The highest BCUT2D eigenvalue weighted by Gasteiger charge is 2.40. The summed E-state index contributed by atoms with van der Waals surface area (Å²) in [7, 11) is 2.14. The number of piperidine rings is 1. The molecule has 0 bridgehead atoms. The number of hydrogen-bond donors (Lipinski definition) is 1. The normalized spacial score (nSPS) is 23.1. The zero-order valence-electron chi connectivity index (χ0n) is 18.1. The summed E-state index contributed by atoms with van der Waals surface area (Å²) in [5, 5.41) is 13.8. The topological polar surface area (TPSA) is 72.3 Å². The van der Waals surface area contributed by atoms with E-state index in [2.05, 4.69) is 47.1 Å². The number of hydrogen-bond acceptors (Lipinski definition) is 5. The molecule has 0 spiro atoms. The lowest BCUT2D eigenvalue weighted by molar-refractivity contribution is -0.127. The first kappa shape index (κ1) is 20.6. The fourth-order valence-corrected chi connectivity index (χ4v) is 4.96. The summed E-state index contributed by atoms with van der Waals surface area (Å²) in [6, 6.07) is 10.3. The van der Waals surface area contributed by atoms with Crippen molar-refractivity contribution in [3.8, 4) is 6.07 Å². The number of pyridine rings is 1. The standard InChI is InChI=1S/C24H31N5O/c1-16(2)20-14-29(15-21(20)24(30)27-18-8-11-28(3)12-9-18)22-7-6-17(13-25)23-19(22)5-4-10-26-23/h4-7,10,16,18,20-21H,8-9,11-12,14-15H2,1-3H3,(H,27,30)/t20?,21-/m1/s1. The number of rotatable bonds is 4. The van der Waals surface area contributed by atoms with Gasteiger partial charge in [-0.1, -0.05) is 13.8 Å². The van der Waals surface area contributed by atoms with Gasteiger partial charge in [-0.2, -0.15) is 5.26 Å². The summed E-state index contributed by atoms with van der Waals surface area (Å²) in [4.78, 5) is 22.3. The van der Waals surface area contributed by atoms with Crippen LogP contribution in [-0.4, -0.2) is 55.1 Å². The molecule has 2 aromatic rings. The lowest BCUT2D eigenvalue weighted by Crippen LogP contribution is -2.47. The third kappa shape index (κ3) is 3.99. The summed E-state index contributed by atoms with van der Waals surface area (Å²) >= 11 is 0. The van der Waals surface area contributed by atoms with Crippen LogP contribution in [0.2, 0.25) is 0 Å². The molecule has 2 fully saturated rings. The maximum absolute atomic E-state index is 13.2. The second-order valence-electron chi connectivity index (χ2n) is 9.15. The van der Waals surface area contributed by atoms with Crippen LogP contribution in [0.1, 0.15) is 32.3 Å². The van der Waals surface area contributed by atoms with Crippen molar-refractivity contribution in [2.45, 2.75) is 32.7 Å². The minimum Gasteiger partial charge on any atom is -0.370 e. The van der Waals surface area contributed by atoms with Gasteiger partial charge in [-0.25, -0.2) is 0 Å². The minimum absolute atomic E-state index is 0.0213. The zero-order valence-corrected chi connectivity index (χ0v) is 18.1. The number of carbonyl (C=O) groups excluding carboxylic acids is 1. The van der Waals surface area contributed by atoms with Crippen molar-refractivity contribution < 1.29 is 4.79 Å². The molecule has 2 saturated heterocycles. The molecule has 3 heterocycles. The highest BCUT2D eigenvalue weighted by atomic mass is 16.2. The van der Waals surface area contributed by atoms with Crippen LogP contribution in [0.25, 0.3) is 10.9 Å². The van der Waals surface area contributed by atoms with Crippen LogP contribution < -0.4 is 10.2 Å². The number of amides is 1. The van der Waals surface area contributed by atoms with Crippen molar-refractivity contribution in [2.75, 3.05) is 38.1 Å². The molecular weight excluding hydrogens is 374 g/mol. The van der Waals surface area contributed by atoms with Crippen molar-refractivity contribution >= 4 is 22.5 Å². The van der Waals surface area contributed by atoms with Crippen LogP contribution >= 0.6 is 0 Å². The van der Waals surface area contributed by atoms with Crippen LogP contribution in [0, 0.1) is 29.1 Å². The van der Waals surface area contributed by atoms with E-state index in [1.165, 1.54) is 0 Å². The second-order valence-corrected chi connectivity index (χ2v) is 9.15. The van der Waals surface area contributed by atoms with Gasteiger partial charge in [0.2, 0.25) is 5.91 Å². The van der Waals surface area contributed by atoms with E-state index < -0.39 is 0 Å². The Morgan fingerprint density at radius 3 is 2.70 bits per heavy atom. The molecule has 2 aliphatic heterocycles. The van der Waals surface area contributed by atoms with Crippen LogP contribution in [0.15, 0.2) is 30.5 Å². The Morgan fingerprint density at radius 1 is 1.23 bits per heavy atom. The molecule has 2 aliphatic rings. The average molecular weight is 406 g/mol. The molecule has 158 valence electrons. The number of likely N-dealkylation sites (tertiary alicyclic amines) is 1. The van der Waals surface area contributed by atoms with Gasteiger partial charge in [0.25, 0.3) is 0 Å². The first-order valence-electron chi connectivity index (χ1n) is 11.0. The van der Waals surface area contributed by atoms with Crippen LogP contribution in [0.4, 0.5) is 5.69 Å². The molecule has 6 heteroatoms. The van der Waals surface area contributed by atoms with E-state index in [1.807, 2.05) is 24.3 Å². The number of nitrogens with one attached hydrogen (secondary N) is 1. The van der Waals surface area contributed by atoms with E-state index in [1.54, 1.807) is 6.20 Å². The Hall–Kier alpha value is -2.65. The summed E-state index contributed by atoms with van der Waals surface area (Å²) in [6.07, 6.45) is 3.78. The van der Waals surface area contributed by atoms with E-state index in [4.69, 9.17) is 0 Å². The predicted octanol–water partition coefficient (Wildman–Crippen LogP) is 3.03. The number of anilines is 1. The van der Waals surface area contributed by atoms with E-state index in [0.29, 0.717) is 23.9 Å². The number of benzene rings is 1. The fraction of sp³-hybridized carbons (Fsp3) is 0.542. The zero-order chi connectivity index (χ0) is 21.3. The lowest BCUT2D eigenvalue weighted by Gasteiger charge is -2.31. The van der Waals surface area contributed by atoms with Gasteiger partial charge >= 0.3 is 0 Å². The van der Waals surface area contributed by atoms with Crippen molar-refractivity contribution in [2.24, 2.45) is 17.8 Å². The van der Waals surface area contributed by atoms with E-state index in [0.717, 1.165) is 49.1 Å². The number of aromatic nitrogens is 1. The van der Waals surface area contributed by atoms with Crippen molar-refractivity contribution in [1.29, 1.82) is 5.26 Å². The molecule has 0 aliphatic carbocycles. The molecule has 1 aromatic carbocycles.